The van der Waals surface area contributed by atoms with Gasteiger partial charge in [-0.1, -0.05) is 0 Å². The van der Waals surface area contributed by atoms with Crippen LogP contribution in [0.5, 0.6) is 0 Å². The van der Waals surface area contributed by atoms with E-state index in [1.54, 1.807) is 0 Å². The molecule has 2 N–H and O–H groups in total. The Hall–Kier alpha value is -0.0800. The fourth-order valence-electron chi connectivity index (χ4n) is 2.52. The van der Waals surface area contributed by atoms with Gasteiger partial charge in [-0.05, 0) is 51.6 Å². The fourth-order valence-corrected chi connectivity index (χ4v) is 2.52. The summed E-state index contributed by atoms with van der Waals surface area (Å²) in [7, 11) is 0. The lowest BCUT2D eigenvalue weighted by Crippen LogP contribution is -2.29. The van der Waals surface area contributed by atoms with Gasteiger partial charge in [-0.15, -0.1) is 0 Å². The molecule has 2 rings (SSSR count). The highest BCUT2D eigenvalue weighted by atomic mass is 15.0. The Morgan fingerprint density at radius 2 is 2.17 bits per heavy atom. The maximum absolute atomic E-state index is 3.65. The summed E-state index contributed by atoms with van der Waals surface area (Å²) in [6, 6.07) is 1.59. The van der Waals surface area contributed by atoms with Crippen molar-refractivity contribution in [3.05, 3.63) is 0 Å². The second kappa shape index (κ2) is 3.75. The first-order chi connectivity index (χ1) is 5.84. The van der Waals surface area contributed by atoms with Crippen molar-refractivity contribution in [3.63, 3.8) is 0 Å². The van der Waals surface area contributed by atoms with Crippen LogP contribution in [0.2, 0.25) is 0 Å². The van der Waals surface area contributed by atoms with Crippen LogP contribution in [0.1, 0.15) is 32.6 Å². The van der Waals surface area contributed by atoms with E-state index < -0.39 is 0 Å². The summed E-state index contributed by atoms with van der Waals surface area (Å²) in [5.41, 5.74) is 0. The molecule has 3 atom stereocenters. The van der Waals surface area contributed by atoms with E-state index in [9.17, 15) is 0 Å². The van der Waals surface area contributed by atoms with E-state index in [0.29, 0.717) is 0 Å². The smallest absolute Gasteiger partial charge is 0.00732 e. The molecule has 2 fully saturated rings. The molecule has 2 aliphatic heterocycles. The van der Waals surface area contributed by atoms with Crippen molar-refractivity contribution in [2.75, 3.05) is 13.1 Å². The molecule has 2 saturated heterocycles. The van der Waals surface area contributed by atoms with Gasteiger partial charge in [0.1, 0.15) is 0 Å². The minimum absolute atomic E-state index is 0.768. The molecule has 0 aliphatic carbocycles. The summed E-state index contributed by atoms with van der Waals surface area (Å²) < 4.78 is 0. The summed E-state index contributed by atoms with van der Waals surface area (Å²) in [6.07, 6.45) is 5.58. The van der Waals surface area contributed by atoms with Crippen molar-refractivity contribution in [3.8, 4) is 0 Å². The molecule has 70 valence electrons. The molecule has 2 heterocycles. The lowest BCUT2D eigenvalue weighted by Gasteiger charge is -2.15. The number of hydrogen-bond acceptors (Lipinski definition) is 2. The molecule has 0 amide bonds. The molecule has 0 saturated carbocycles. The van der Waals surface area contributed by atoms with Crippen molar-refractivity contribution in [1.82, 2.24) is 10.6 Å². The maximum atomic E-state index is 3.65. The normalized spacial score (nSPS) is 42.2. The van der Waals surface area contributed by atoms with Crippen LogP contribution in [0.4, 0.5) is 0 Å². The Bertz CT molecular complexity index is 141. The Morgan fingerprint density at radius 3 is 2.75 bits per heavy atom. The Morgan fingerprint density at radius 1 is 1.25 bits per heavy atom. The predicted molar refractivity (Wildman–Crippen MR) is 51.2 cm³/mol. The molecule has 0 bridgehead atoms. The Kier molecular flexibility index (Phi) is 2.66. The third-order valence-electron chi connectivity index (χ3n) is 3.25. The maximum Gasteiger partial charge on any atom is 0.00732 e. The highest BCUT2D eigenvalue weighted by Gasteiger charge is 2.24. The zero-order valence-corrected chi connectivity index (χ0v) is 7.97. The molecule has 0 aromatic rings. The van der Waals surface area contributed by atoms with Crippen molar-refractivity contribution in [2.24, 2.45) is 5.92 Å². The van der Waals surface area contributed by atoms with E-state index in [2.05, 4.69) is 17.6 Å². The van der Waals surface area contributed by atoms with Crippen molar-refractivity contribution in [1.29, 1.82) is 0 Å². The summed E-state index contributed by atoms with van der Waals surface area (Å²) in [5.74, 6) is 0.952. The average Bonchev–Trinajstić information content (AvgIpc) is 2.63. The predicted octanol–water partition coefficient (Wildman–Crippen LogP) is 1.13. The molecular formula is C10H20N2. The number of hydrogen-bond donors (Lipinski definition) is 2. The standard InChI is InChI=1S/C10H20N2/c1-8-2-3-10(12-8)6-9-4-5-11-7-9/h8-12H,2-7H2,1H3. The number of rotatable bonds is 2. The van der Waals surface area contributed by atoms with Crippen LogP contribution >= 0.6 is 0 Å². The van der Waals surface area contributed by atoms with Crippen molar-refractivity contribution < 1.29 is 0 Å². The molecular weight excluding hydrogens is 148 g/mol. The first-order valence-corrected chi connectivity index (χ1v) is 5.31. The van der Waals surface area contributed by atoms with Crippen LogP contribution in [0.3, 0.4) is 0 Å². The molecule has 3 unspecified atom stereocenters. The van der Waals surface area contributed by atoms with E-state index in [0.717, 1.165) is 18.0 Å². The average molecular weight is 168 g/mol. The van der Waals surface area contributed by atoms with Gasteiger partial charge in [0.25, 0.3) is 0 Å². The van der Waals surface area contributed by atoms with Crippen LogP contribution in [-0.2, 0) is 0 Å². The topological polar surface area (TPSA) is 24.1 Å². The van der Waals surface area contributed by atoms with Crippen molar-refractivity contribution in [2.45, 2.75) is 44.7 Å². The van der Waals surface area contributed by atoms with Crippen LogP contribution in [0.25, 0.3) is 0 Å². The van der Waals surface area contributed by atoms with Crippen molar-refractivity contribution >= 4 is 0 Å². The molecule has 0 spiro atoms. The minimum atomic E-state index is 0.768. The highest BCUT2D eigenvalue weighted by Crippen LogP contribution is 2.21. The van der Waals surface area contributed by atoms with Gasteiger partial charge in [-0.3, -0.25) is 0 Å². The third kappa shape index (κ3) is 1.99. The second-order valence-corrected chi connectivity index (χ2v) is 4.44. The van der Waals surface area contributed by atoms with Gasteiger partial charge in [0.2, 0.25) is 0 Å². The second-order valence-electron chi connectivity index (χ2n) is 4.44. The lowest BCUT2D eigenvalue weighted by molar-refractivity contribution is 0.426. The van der Waals surface area contributed by atoms with Gasteiger partial charge in [0, 0.05) is 12.1 Å². The van der Waals surface area contributed by atoms with E-state index in [1.165, 1.54) is 38.8 Å². The Labute approximate surface area is 75.1 Å². The summed E-state index contributed by atoms with van der Waals surface area (Å²) >= 11 is 0. The SMILES string of the molecule is CC1CCC(CC2CCNC2)N1. The monoisotopic (exact) mass is 168 g/mol. The van der Waals surface area contributed by atoms with E-state index in [1.807, 2.05) is 0 Å². The van der Waals surface area contributed by atoms with Crippen LogP contribution < -0.4 is 10.6 Å². The van der Waals surface area contributed by atoms with Gasteiger partial charge in [-0.25, -0.2) is 0 Å². The number of nitrogens with one attached hydrogen (secondary N) is 2. The van der Waals surface area contributed by atoms with Gasteiger partial charge in [-0.2, -0.15) is 0 Å². The van der Waals surface area contributed by atoms with Gasteiger partial charge in [0.15, 0.2) is 0 Å². The zero-order valence-electron chi connectivity index (χ0n) is 7.97. The summed E-state index contributed by atoms with van der Waals surface area (Å²) in [5, 5.41) is 7.08. The largest absolute Gasteiger partial charge is 0.316 e. The summed E-state index contributed by atoms with van der Waals surface area (Å²) in [6.45, 7) is 4.80. The highest BCUT2D eigenvalue weighted by molar-refractivity contribution is 4.84. The zero-order chi connectivity index (χ0) is 8.39. The first kappa shape index (κ1) is 8.52. The lowest BCUT2D eigenvalue weighted by atomic mass is 9.98. The Balaban J connectivity index is 1.72. The molecule has 0 aromatic heterocycles. The molecule has 2 nitrogen and oxygen atoms in total. The molecule has 2 aliphatic rings. The van der Waals surface area contributed by atoms with E-state index in [4.69, 9.17) is 0 Å². The third-order valence-corrected chi connectivity index (χ3v) is 3.25. The van der Waals surface area contributed by atoms with Crippen LogP contribution in [-0.4, -0.2) is 25.2 Å². The minimum Gasteiger partial charge on any atom is -0.316 e. The molecule has 12 heavy (non-hydrogen) atoms. The molecule has 2 heteroatoms. The van der Waals surface area contributed by atoms with Crippen LogP contribution in [0, 0.1) is 5.92 Å². The van der Waals surface area contributed by atoms with E-state index >= 15 is 0 Å². The van der Waals surface area contributed by atoms with Crippen LogP contribution in [0.15, 0.2) is 0 Å². The van der Waals surface area contributed by atoms with Gasteiger partial charge < -0.3 is 10.6 Å². The first-order valence-electron chi connectivity index (χ1n) is 5.31. The summed E-state index contributed by atoms with van der Waals surface area (Å²) in [4.78, 5) is 0. The quantitative estimate of drug-likeness (QED) is 0.646. The molecule has 0 radical (unpaired) electrons. The van der Waals surface area contributed by atoms with E-state index in [-0.39, 0.29) is 0 Å². The fraction of sp³-hybridized carbons (Fsp3) is 1.00. The van der Waals surface area contributed by atoms with Gasteiger partial charge >= 0.3 is 0 Å². The van der Waals surface area contributed by atoms with Gasteiger partial charge in [0.05, 0.1) is 0 Å². The molecule has 0 aromatic carbocycles.